The van der Waals surface area contributed by atoms with E-state index in [9.17, 15) is 9.59 Å². The number of carbonyl (C=O) groups excluding carboxylic acids is 2. The Morgan fingerprint density at radius 3 is 2.50 bits per heavy atom. The summed E-state index contributed by atoms with van der Waals surface area (Å²) in [5, 5.41) is 3.55. The Hall–Kier alpha value is -1.52. The minimum absolute atomic E-state index is 0.0994. The van der Waals surface area contributed by atoms with E-state index in [1.807, 2.05) is 0 Å². The number of amides is 2. The number of nitrogens with zero attached hydrogens (tertiary/aromatic N) is 1. The molecule has 2 amide bonds. The third-order valence-electron chi connectivity index (χ3n) is 4.04. The second kappa shape index (κ2) is 9.09. The number of halogens is 2. The summed E-state index contributed by atoms with van der Waals surface area (Å²) in [6, 6.07) is 4.99. The number of hydrogen-bond acceptors (Lipinski definition) is 2. The molecule has 0 unspecified atom stereocenters. The van der Waals surface area contributed by atoms with Gasteiger partial charge in [0.05, 0.1) is 15.7 Å². The van der Waals surface area contributed by atoms with Crippen molar-refractivity contribution in [1.82, 2.24) is 5.32 Å². The first-order valence-corrected chi connectivity index (χ1v) is 8.91. The van der Waals surface area contributed by atoms with Crippen LogP contribution in [0.2, 0.25) is 10.0 Å². The third kappa shape index (κ3) is 5.25. The van der Waals surface area contributed by atoms with E-state index in [1.54, 1.807) is 18.2 Å². The van der Waals surface area contributed by atoms with E-state index in [4.69, 9.17) is 23.2 Å². The predicted octanol–water partition coefficient (Wildman–Crippen LogP) is 4.35. The Morgan fingerprint density at radius 1 is 1.21 bits per heavy atom. The van der Waals surface area contributed by atoms with Crippen molar-refractivity contribution in [3.63, 3.8) is 0 Å². The number of nitrogens with one attached hydrogen (secondary N) is 1. The molecule has 4 nitrogen and oxygen atoms in total. The molecule has 0 atom stereocenters. The molecule has 6 heteroatoms. The molecule has 0 spiro atoms. The Balaban J connectivity index is 1.94. The van der Waals surface area contributed by atoms with Crippen LogP contribution in [0.3, 0.4) is 0 Å². The molecule has 24 heavy (non-hydrogen) atoms. The molecule has 0 aliphatic heterocycles. The van der Waals surface area contributed by atoms with Gasteiger partial charge in [0.15, 0.2) is 0 Å². The van der Waals surface area contributed by atoms with Crippen molar-refractivity contribution in [3.05, 3.63) is 39.9 Å². The van der Waals surface area contributed by atoms with Crippen LogP contribution in [0.1, 0.15) is 39.0 Å². The molecule has 130 valence electrons. The average molecular weight is 369 g/mol. The molecular formula is C18H22Cl2N2O2. The van der Waals surface area contributed by atoms with E-state index < -0.39 is 0 Å². The Labute approximate surface area is 152 Å². The minimum atomic E-state index is -0.282. The second-order valence-electron chi connectivity index (χ2n) is 5.88. The van der Waals surface area contributed by atoms with E-state index in [1.165, 1.54) is 30.2 Å². The summed E-state index contributed by atoms with van der Waals surface area (Å²) in [6.45, 7) is 1.87. The SMILES string of the molecule is CC(=O)N(CC(=O)NCCC1=CCCCC1)c1c(Cl)cccc1Cl. The van der Waals surface area contributed by atoms with Crippen molar-refractivity contribution in [2.24, 2.45) is 0 Å². The quantitative estimate of drug-likeness (QED) is 0.758. The van der Waals surface area contributed by atoms with Crippen LogP contribution in [0.5, 0.6) is 0 Å². The summed E-state index contributed by atoms with van der Waals surface area (Å²) >= 11 is 12.3. The van der Waals surface area contributed by atoms with Gasteiger partial charge in [-0.25, -0.2) is 0 Å². The van der Waals surface area contributed by atoms with Crippen LogP contribution in [0.4, 0.5) is 5.69 Å². The molecule has 1 aliphatic carbocycles. The smallest absolute Gasteiger partial charge is 0.240 e. The maximum atomic E-state index is 12.2. The summed E-state index contributed by atoms with van der Waals surface area (Å²) < 4.78 is 0. The van der Waals surface area contributed by atoms with Crippen molar-refractivity contribution >= 4 is 40.7 Å². The molecule has 1 aliphatic rings. The first-order valence-electron chi connectivity index (χ1n) is 8.15. The van der Waals surface area contributed by atoms with E-state index in [-0.39, 0.29) is 18.4 Å². The molecule has 0 saturated heterocycles. The molecule has 0 heterocycles. The number of carbonyl (C=O) groups is 2. The first-order chi connectivity index (χ1) is 11.5. The second-order valence-corrected chi connectivity index (χ2v) is 6.70. The maximum absolute atomic E-state index is 12.2. The number of benzene rings is 1. The average Bonchev–Trinajstić information content (AvgIpc) is 2.54. The highest BCUT2D eigenvalue weighted by Crippen LogP contribution is 2.33. The van der Waals surface area contributed by atoms with Crippen molar-refractivity contribution < 1.29 is 9.59 Å². The van der Waals surface area contributed by atoms with Crippen LogP contribution >= 0.6 is 23.2 Å². The highest BCUT2D eigenvalue weighted by Gasteiger charge is 2.20. The molecule has 2 rings (SSSR count). The lowest BCUT2D eigenvalue weighted by Gasteiger charge is -2.23. The molecule has 0 radical (unpaired) electrons. The zero-order chi connectivity index (χ0) is 17.5. The number of rotatable bonds is 6. The molecule has 0 saturated carbocycles. The zero-order valence-corrected chi connectivity index (χ0v) is 15.3. The van der Waals surface area contributed by atoms with Gasteiger partial charge < -0.3 is 10.2 Å². The van der Waals surface area contributed by atoms with Crippen molar-refractivity contribution in [2.45, 2.75) is 39.0 Å². The van der Waals surface area contributed by atoms with Crippen LogP contribution < -0.4 is 10.2 Å². The lowest BCUT2D eigenvalue weighted by atomic mass is 9.97. The highest BCUT2D eigenvalue weighted by atomic mass is 35.5. The van der Waals surface area contributed by atoms with Crippen molar-refractivity contribution in [2.75, 3.05) is 18.0 Å². The maximum Gasteiger partial charge on any atom is 0.240 e. The van der Waals surface area contributed by atoms with Gasteiger partial charge in [-0.05, 0) is 44.2 Å². The molecule has 1 N–H and O–H groups in total. The van der Waals surface area contributed by atoms with Crippen LogP contribution in [-0.4, -0.2) is 24.9 Å². The third-order valence-corrected chi connectivity index (χ3v) is 4.65. The monoisotopic (exact) mass is 368 g/mol. The lowest BCUT2D eigenvalue weighted by Crippen LogP contribution is -2.40. The Morgan fingerprint density at radius 2 is 1.92 bits per heavy atom. The first kappa shape index (κ1) is 18.8. The van der Waals surface area contributed by atoms with Crippen LogP contribution in [0.25, 0.3) is 0 Å². The van der Waals surface area contributed by atoms with Gasteiger partial charge in [-0.1, -0.05) is 40.9 Å². The Bertz CT molecular complexity index is 624. The normalized spacial score (nSPS) is 14.0. The predicted molar refractivity (Wildman–Crippen MR) is 98.7 cm³/mol. The zero-order valence-electron chi connectivity index (χ0n) is 13.8. The molecule has 0 fully saturated rings. The number of para-hydroxylation sites is 1. The van der Waals surface area contributed by atoms with Gasteiger partial charge in [-0.2, -0.15) is 0 Å². The van der Waals surface area contributed by atoms with Crippen LogP contribution in [0.15, 0.2) is 29.8 Å². The largest absolute Gasteiger partial charge is 0.354 e. The molecular weight excluding hydrogens is 347 g/mol. The molecule has 0 aromatic heterocycles. The fraction of sp³-hybridized carbons (Fsp3) is 0.444. The molecule has 0 bridgehead atoms. The molecule has 1 aromatic rings. The van der Waals surface area contributed by atoms with Gasteiger partial charge in [0.1, 0.15) is 6.54 Å². The van der Waals surface area contributed by atoms with E-state index in [2.05, 4.69) is 11.4 Å². The van der Waals surface area contributed by atoms with Gasteiger partial charge in [-0.3, -0.25) is 9.59 Å². The lowest BCUT2D eigenvalue weighted by molar-refractivity contribution is -0.123. The topological polar surface area (TPSA) is 49.4 Å². The van der Waals surface area contributed by atoms with Gasteiger partial charge in [0.25, 0.3) is 0 Å². The summed E-state index contributed by atoms with van der Waals surface area (Å²) in [5.41, 5.74) is 1.78. The van der Waals surface area contributed by atoms with Gasteiger partial charge in [-0.15, -0.1) is 0 Å². The number of hydrogen-bond donors (Lipinski definition) is 1. The van der Waals surface area contributed by atoms with Gasteiger partial charge >= 0.3 is 0 Å². The minimum Gasteiger partial charge on any atom is -0.354 e. The van der Waals surface area contributed by atoms with Gasteiger partial charge in [0, 0.05) is 13.5 Å². The summed E-state index contributed by atoms with van der Waals surface area (Å²) in [4.78, 5) is 25.4. The van der Waals surface area contributed by atoms with E-state index in [0.717, 1.165) is 19.3 Å². The van der Waals surface area contributed by atoms with Crippen molar-refractivity contribution in [3.8, 4) is 0 Å². The van der Waals surface area contributed by atoms with Crippen LogP contribution in [-0.2, 0) is 9.59 Å². The number of allylic oxidation sites excluding steroid dienone is 1. The standard InChI is InChI=1S/C18H22Cl2N2O2/c1-13(23)22(18-15(19)8-5-9-16(18)20)12-17(24)21-11-10-14-6-3-2-4-7-14/h5-6,8-9H,2-4,7,10-12H2,1H3,(H,21,24). The highest BCUT2D eigenvalue weighted by molar-refractivity contribution is 6.40. The number of anilines is 1. The van der Waals surface area contributed by atoms with Gasteiger partial charge in [0.2, 0.25) is 11.8 Å². The van der Waals surface area contributed by atoms with E-state index >= 15 is 0 Å². The fourth-order valence-corrected chi connectivity index (χ4v) is 3.39. The Kier molecular flexibility index (Phi) is 7.13. The summed E-state index contributed by atoms with van der Waals surface area (Å²) in [6.07, 6.45) is 7.85. The summed E-state index contributed by atoms with van der Waals surface area (Å²) in [7, 11) is 0. The summed E-state index contributed by atoms with van der Waals surface area (Å²) in [5.74, 6) is -0.507. The molecule has 1 aromatic carbocycles. The fourth-order valence-electron chi connectivity index (χ4n) is 2.79. The van der Waals surface area contributed by atoms with E-state index in [0.29, 0.717) is 22.3 Å². The van der Waals surface area contributed by atoms with Crippen LogP contribution in [0, 0.1) is 0 Å². The van der Waals surface area contributed by atoms with Crippen molar-refractivity contribution in [1.29, 1.82) is 0 Å².